The molecule has 0 bridgehead atoms. The summed E-state index contributed by atoms with van der Waals surface area (Å²) in [6.07, 6.45) is 0.526. The maximum absolute atomic E-state index is 12.3. The first-order valence-corrected chi connectivity index (χ1v) is 12.7. The number of carbonyl (C=O) groups excluding carboxylic acids is 1. The standard InChI is InChI=1S/C27H38N6O4/c1-27(2,3)18-8-5-17(6-9-18)7-10-21(34)29-13-14-32(4)15-20-23(35)24(36)26(37-20)33-16-31-22-19(28)11-12-30-25(22)33/h5-6,8-9,11-12,16,20,23-24,26,35-36H,7,10,13-15H2,1-4H3,(H2,28,30)(H,29,34)/t20-,23-,24-,26-/m1/s1. The predicted molar refractivity (Wildman–Crippen MR) is 142 cm³/mol. The number of aromatic nitrogens is 3. The monoisotopic (exact) mass is 510 g/mol. The number of hydrogen-bond acceptors (Lipinski definition) is 8. The lowest BCUT2D eigenvalue weighted by Crippen LogP contribution is -2.41. The Morgan fingerprint density at radius 3 is 2.59 bits per heavy atom. The maximum atomic E-state index is 12.3. The number of rotatable bonds is 9. The Bertz CT molecular complexity index is 1210. The third-order valence-electron chi connectivity index (χ3n) is 6.87. The highest BCUT2D eigenvalue weighted by Crippen LogP contribution is 2.32. The Hall–Kier alpha value is -3.05. The highest BCUT2D eigenvalue weighted by atomic mass is 16.6. The van der Waals surface area contributed by atoms with Gasteiger partial charge in [0.25, 0.3) is 0 Å². The number of likely N-dealkylation sites (N-methyl/N-ethyl adjacent to an activating group) is 1. The molecule has 200 valence electrons. The molecule has 3 heterocycles. The number of nitrogens with zero attached hydrogens (tertiary/aromatic N) is 4. The van der Waals surface area contributed by atoms with Crippen LogP contribution < -0.4 is 11.1 Å². The summed E-state index contributed by atoms with van der Waals surface area (Å²) in [4.78, 5) is 22.8. The zero-order valence-corrected chi connectivity index (χ0v) is 22.0. The molecule has 1 fully saturated rings. The fraction of sp³-hybridized carbons (Fsp3) is 0.519. The molecular weight excluding hydrogens is 472 g/mol. The van der Waals surface area contributed by atoms with Gasteiger partial charge in [-0.25, -0.2) is 9.97 Å². The molecule has 0 saturated carbocycles. The van der Waals surface area contributed by atoms with E-state index in [4.69, 9.17) is 10.5 Å². The lowest BCUT2D eigenvalue weighted by Gasteiger charge is -2.23. The number of ether oxygens (including phenoxy) is 1. The second kappa shape index (κ2) is 11.1. The molecule has 4 rings (SSSR count). The first-order valence-electron chi connectivity index (χ1n) is 12.7. The number of imidazole rings is 1. The van der Waals surface area contributed by atoms with Crippen LogP contribution in [0.1, 0.15) is 44.5 Å². The van der Waals surface area contributed by atoms with Crippen LogP contribution >= 0.6 is 0 Å². The van der Waals surface area contributed by atoms with E-state index >= 15 is 0 Å². The Labute approximate surface area is 217 Å². The molecule has 1 saturated heterocycles. The summed E-state index contributed by atoms with van der Waals surface area (Å²) in [5.74, 6) is -0.000283. The molecule has 0 unspecified atom stereocenters. The minimum Gasteiger partial charge on any atom is -0.397 e. The summed E-state index contributed by atoms with van der Waals surface area (Å²) in [6, 6.07) is 10.1. The van der Waals surface area contributed by atoms with Gasteiger partial charge in [0.05, 0.1) is 12.0 Å². The number of nitrogens with one attached hydrogen (secondary N) is 1. The summed E-state index contributed by atoms with van der Waals surface area (Å²) < 4.78 is 7.60. The minimum absolute atomic E-state index is 0.000283. The van der Waals surface area contributed by atoms with Crippen molar-refractivity contribution in [2.75, 3.05) is 32.4 Å². The number of nitrogen functional groups attached to an aromatic ring is 1. The lowest BCUT2D eigenvalue weighted by atomic mass is 9.86. The maximum Gasteiger partial charge on any atom is 0.220 e. The van der Waals surface area contributed by atoms with Gasteiger partial charge in [0.1, 0.15) is 23.8 Å². The van der Waals surface area contributed by atoms with E-state index in [0.717, 1.165) is 5.56 Å². The number of fused-ring (bicyclic) bond motifs is 1. The number of pyridine rings is 1. The zero-order chi connectivity index (χ0) is 26.7. The smallest absolute Gasteiger partial charge is 0.220 e. The first-order chi connectivity index (χ1) is 17.5. The van der Waals surface area contributed by atoms with Crippen LogP contribution in [0.15, 0.2) is 42.9 Å². The van der Waals surface area contributed by atoms with Crippen molar-refractivity contribution in [3.63, 3.8) is 0 Å². The molecule has 1 aliphatic heterocycles. The van der Waals surface area contributed by atoms with E-state index in [-0.39, 0.29) is 11.3 Å². The number of carbonyl (C=O) groups is 1. The van der Waals surface area contributed by atoms with E-state index in [9.17, 15) is 15.0 Å². The van der Waals surface area contributed by atoms with Crippen LogP contribution in [0.2, 0.25) is 0 Å². The normalized spacial score (nSPS) is 22.1. The topological polar surface area (TPSA) is 139 Å². The van der Waals surface area contributed by atoms with Crippen LogP contribution in [0.4, 0.5) is 5.69 Å². The molecule has 0 aliphatic carbocycles. The molecule has 1 amide bonds. The van der Waals surface area contributed by atoms with E-state index in [1.165, 1.54) is 11.9 Å². The highest BCUT2D eigenvalue weighted by Gasteiger charge is 2.44. The van der Waals surface area contributed by atoms with Crippen LogP contribution in [0.5, 0.6) is 0 Å². The number of aliphatic hydroxyl groups is 2. The van der Waals surface area contributed by atoms with Crippen molar-refractivity contribution in [1.82, 2.24) is 24.8 Å². The minimum atomic E-state index is -1.14. The Kier molecular flexibility index (Phi) is 8.13. The van der Waals surface area contributed by atoms with Crippen LogP contribution in [-0.4, -0.2) is 80.5 Å². The second-order valence-electron chi connectivity index (χ2n) is 10.8. The van der Waals surface area contributed by atoms with Crippen LogP contribution in [0.25, 0.3) is 11.2 Å². The molecule has 1 aliphatic rings. The first kappa shape index (κ1) is 27.0. The summed E-state index contributed by atoms with van der Waals surface area (Å²) in [5, 5.41) is 24.2. The molecule has 5 N–H and O–H groups in total. The lowest BCUT2D eigenvalue weighted by molar-refractivity contribution is -0.121. The van der Waals surface area contributed by atoms with Crippen LogP contribution in [0.3, 0.4) is 0 Å². The number of anilines is 1. The predicted octanol–water partition coefficient (Wildman–Crippen LogP) is 1.61. The molecule has 1 aromatic carbocycles. The fourth-order valence-electron chi connectivity index (χ4n) is 4.55. The van der Waals surface area contributed by atoms with Gasteiger partial charge in [-0.05, 0) is 36.1 Å². The van der Waals surface area contributed by atoms with E-state index < -0.39 is 24.5 Å². The molecule has 3 aromatic rings. The van der Waals surface area contributed by atoms with Gasteiger partial charge in [-0.3, -0.25) is 9.36 Å². The van der Waals surface area contributed by atoms with E-state index in [2.05, 4.69) is 60.3 Å². The van der Waals surface area contributed by atoms with Crippen molar-refractivity contribution in [2.45, 2.75) is 63.6 Å². The number of hydrogen-bond donors (Lipinski definition) is 4. The van der Waals surface area contributed by atoms with Gasteiger partial charge >= 0.3 is 0 Å². The number of benzene rings is 1. The van der Waals surface area contributed by atoms with Crippen LogP contribution in [-0.2, 0) is 21.4 Å². The number of nitrogens with two attached hydrogens (primary N) is 1. The fourth-order valence-corrected chi connectivity index (χ4v) is 4.55. The molecule has 10 heteroatoms. The van der Waals surface area contributed by atoms with Gasteiger partial charge in [0, 0.05) is 32.3 Å². The van der Waals surface area contributed by atoms with Gasteiger partial charge in [-0.15, -0.1) is 0 Å². The van der Waals surface area contributed by atoms with Gasteiger partial charge < -0.3 is 30.9 Å². The molecular formula is C27H38N6O4. The number of amides is 1. The summed E-state index contributed by atoms with van der Waals surface area (Å²) >= 11 is 0. The number of aliphatic hydroxyl groups excluding tert-OH is 2. The molecule has 4 atom stereocenters. The zero-order valence-electron chi connectivity index (χ0n) is 22.0. The van der Waals surface area contributed by atoms with Crippen molar-refractivity contribution in [2.24, 2.45) is 0 Å². The van der Waals surface area contributed by atoms with E-state index in [1.54, 1.807) is 16.8 Å². The Morgan fingerprint density at radius 2 is 1.89 bits per heavy atom. The number of aryl methyl sites for hydroxylation is 1. The van der Waals surface area contributed by atoms with Gasteiger partial charge in [0.2, 0.25) is 5.91 Å². The largest absolute Gasteiger partial charge is 0.397 e. The molecule has 0 spiro atoms. The average molecular weight is 511 g/mol. The van der Waals surface area contributed by atoms with Crippen molar-refractivity contribution < 1.29 is 19.7 Å². The van der Waals surface area contributed by atoms with Gasteiger partial charge in [0.15, 0.2) is 11.9 Å². The molecule has 10 nitrogen and oxygen atoms in total. The quantitative estimate of drug-likeness (QED) is 0.341. The molecule has 37 heavy (non-hydrogen) atoms. The third kappa shape index (κ3) is 6.27. The van der Waals surface area contributed by atoms with E-state index in [0.29, 0.717) is 49.3 Å². The Morgan fingerprint density at radius 1 is 1.16 bits per heavy atom. The van der Waals surface area contributed by atoms with Crippen molar-refractivity contribution in [3.8, 4) is 0 Å². The van der Waals surface area contributed by atoms with E-state index in [1.807, 2.05) is 11.9 Å². The third-order valence-corrected chi connectivity index (χ3v) is 6.87. The second-order valence-corrected chi connectivity index (χ2v) is 10.8. The summed E-state index contributed by atoms with van der Waals surface area (Å²) in [5.41, 5.74) is 9.97. The van der Waals surface area contributed by atoms with Crippen molar-refractivity contribution >= 4 is 22.8 Å². The SMILES string of the molecule is CN(CCNC(=O)CCc1ccc(C(C)(C)C)cc1)C[C@H]1O[C@@H](n2cnc3c(N)ccnc32)[C@H](O)[C@@H]1O. The molecule has 2 aromatic heterocycles. The van der Waals surface area contributed by atoms with Crippen molar-refractivity contribution in [3.05, 3.63) is 54.0 Å². The summed E-state index contributed by atoms with van der Waals surface area (Å²) in [7, 11) is 1.88. The highest BCUT2D eigenvalue weighted by molar-refractivity contribution is 5.83. The Balaban J connectivity index is 1.22. The average Bonchev–Trinajstić information content (AvgIpc) is 3.40. The van der Waals surface area contributed by atoms with Crippen molar-refractivity contribution in [1.29, 1.82) is 0 Å². The molecule has 0 radical (unpaired) electrons. The summed E-state index contributed by atoms with van der Waals surface area (Å²) in [6.45, 7) is 7.98. The van der Waals surface area contributed by atoms with Gasteiger partial charge in [-0.2, -0.15) is 0 Å². The van der Waals surface area contributed by atoms with Crippen LogP contribution in [0, 0.1) is 0 Å². The van der Waals surface area contributed by atoms with Gasteiger partial charge in [-0.1, -0.05) is 45.0 Å².